The highest BCUT2D eigenvalue weighted by atomic mass is 19.3. The summed E-state index contributed by atoms with van der Waals surface area (Å²) in [6.45, 7) is 4.23. The number of halogens is 2. The number of hydrogen-bond acceptors (Lipinski definition) is 3. The Bertz CT molecular complexity index is 861. The molecule has 1 amide bonds. The SMILES string of the molecule is Cn1cc(C(=O)NC23CCC(c4ncccc42)C3(C)C)c(C(F)F)n1. The zero-order valence-electron chi connectivity index (χ0n) is 14.4. The highest BCUT2D eigenvalue weighted by Crippen LogP contribution is 2.66. The topological polar surface area (TPSA) is 59.8 Å². The first kappa shape index (κ1) is 16.2. The molecule has 2 unspecified atom stereocenters. The van der Waals surface area contributed by atoms with Gasteiger partial charge in [-0.05, 0) is 24.5 Å². The summed E-state index contributed by atoms with van der Waals surface area (Å²) < 4.78 is 27.7. The van der Waals surface area contributed by atoms with E-state index in [1.54, 1.807) is 6.20 Å². The lowest BCUT2D eigenvalue weighted by atomic mass is 9.74. The third-order valence-corrected chi connectivity index (χ3v) is 6.04. The Morgan fingerprint density at radius 1 is 1.44 bits per heavy atom. The van der Waals surface area contributed by atoms with Crippen LogP contribution >= 0.6 is 0 Å². The minimum atomic E-state index is -2.79. The Balaban J connectivity index is 1.77. The molecule has 2 aliphatic rings. The number of hydrogen-bond donors (Lipinski definition) is 1. The van der Waals surface area contributed by atoms with Crippen LogP contribution in [0.1, 0.15) is 66.3 Å². The highest BCUT2D eigenvalue weighted by molar-refractivity contribution is 5.96. The fraction of sp³-hybridized carbons (Fsp3) is 0.500. The van der Waals surface area contributed by atoms with E-state index >= 15 is 0 Å². The van der Waals surface area contributed by atoms with Gasteiger partial charge in [-0.15, -0.1) is 0 Å². The van der Waals surface area contributed by atoms with Crippen molar-refractivity contribution >= 4 is 5.91 Å². The second kappa shape index (κ2) is 5.09. The molecule has 2 aromatic heterocycles. The number of fused-ring (bicyclic) bond motifs is 5. The maximum absolute atomic E-state index is 13.2. The predicted octanol–water partition coefficient (Wildman–Crippen LogP) is 3.30. The molecule has 0 radical (unpaired) electrons. The summed E-state index contributed by atoms with van der Waals surface area (Å²) in [5.41, 5.74) is 0.656. The summed E-state index contributed by atoms with van der Waals surface area (Å²) in [7, 11) is 1.53. The van der Waals surface area contributed by atoms with Crippen LogP contribution in [0.3, 0.4) is 0 Å². The zero-order valence-corrected chi connectivity index (χ0v) is 14.4. The Kier molecular flexibility index (Phi) is 3.30. The molecular formula is C18H20F2N4O. The van der Waals surface area contributed by atoms with Crippen molar-refractivity contribution in [2.45, 2.75) is 44.6 Å². The van der Waals surface area contributed by atoms with Gasteiger partial charge in [-0.3, -0.25) is 14.5 Å². The molecule has 132 valence electrons. The predicted molar refractivity (Wildman–Crippen MR) is 87.3 cm³/mol. The highest BCUT2D eigenvalue weighted by Gasteiger charge is 2.63. The maximum atomic E-state index is 13.2. The maximum Gasteiger partial charge on any atom is 0.282 e. The van der Waals surface area contributed by atoms with Crippen molar-refractivity contribution in [3.05, 3.63) is 47.0 Å². The van der Waals surface area contributed by atoms with E-state index in [0.29, 0.717) is 0 Å². The molecule has 2 aliphatic carbocycles. The summed E-state index contributed by atoms with van der Waals surface area (Å²) in [6, 6.07) is 3.85. The lowest BCUT2D eigenvalue weighted by molar-refractivity contribution is 0.0797. The number of aromatic nitrogens is 3. The number of carbonyl (C=O) groups is 1. The van der Waals surface area contributed by atoms with E-state index in [9.17, 15) is 13.6 Å². The van der Waals surface area contributed by atoms with E-state index < -0.39 is 23.6 Å². The quantitative estimate of drug-likeness (QED) is 0.928. The van der Waals surface area contributed by atoms with Gasteiger partial charge in [-0.2, -0.15) is 5.10 Å². The molecule has 2 aromatic rings. The van der Waals surface area contributed by atoms with E-state index in [2.05, 4.69) is 29.2 Å². The third kappa shape index (κ3) is 2.01. The summed E-state index contributed by atoms with van der Waals surface area (Å²) >= 11 is 0. The Hall–Kier alpha value is -2.31. The van der Waals surface area contributed by atoms with Gasteiger partial charge in [0.1, 0.15) is 5.69 Å². The van der Waals surface area contributed by atoms with Crippen LogP contribution in [-0.2, 0) is 12.6 Å². The first-order chi connectivity index (χ1) is 11.8. The normalized spacial score (nSPS) is 26.1. The average molecular weight is 346 g/mol. The Labute approximate surface area is 144 Å². The van der Waals surface area contributed by atoms with Crippen LogP contribution in [-0.4, -0.2) is 20.7 Å². The van der Waals surface area contributed by atoms with Gasteiger partial charge >= 0.3 is 0 Å². The molecule has 0 aromatic carbocycles. The van der Waals surface area contributed by atoms with E-state index in [-0.39, 0.29) is 16.9 Å². The zero-order chi connectivity index (χ0) is 18.0. The summed E-state index contributed by atoms with van der Waals surface area (Å²) in [5.74, 6) is -0.249. The second-order valence-corrected chi connectivity index (χ2v) is 7.51. The van der Waals surface area contributed by atoms with Crippen LogP contribution < -0.4 is 5.32 Å². The number of alkyl halides is 2. The number of nitrogens with zero attached hydrogens (tertiary/aromatic N) is 3. The van der Waals surface area contributed by atoms with E-state index in [0.717, 1.165) is 24.1 Å². The number of aryl methyl sites for hydroxylation is 1. The van der Waals surface area contributed by atoms with Crippen LogP contribution in [0.2, 0.25) is 0 Å². The van der Waals surface area contributed by atoms with Crippen LogP contribution in [0.25, 0.3) is 0 Å². The van der Waals surface area contributed by atoms with Gasteiger partial charge in [0.05, 0.1) is 11.1 Å². The van der Waals surface area contributed by atoms with Crippen molar-refractivity contribution in [3.63, 3.8) is 0 Å². The smallest absolute Gasteiger partial charge is 0.282 e. The minimum Gasteiger partial charge on any atom is -0.342 e. The van der Waals surface area contributed by atoms with E-state index in [1.807, 2.05) is 12.1 Å². The molecule has 1 saturated carbocycles. The molecule has 1 fully saturated rings. The van der Waals surface area contributed by atoms with Gasteiger partial charge in [0.15, 0.2) is 0 Å². The van der Waals surface area contributed by atoms with Crippen LogP contribution in [0, 0.1) is 5.41 Å². The number of nitrogens with one attached hydrogen (secondary N) is 1. The number of rotatable bonds is 3. The van der Waals surface area contributed by atoms with E-state index in [4.69, 9.17) is 0 Å². The largest absolute Gasteiger partial charge is 0.342 e. The Morgan fingerprint density at radius 2 is 2.20 bits per heavy atom. The van der Waals surface area contributed by atoms with Gasteiger partial charge in [-0.25, -0.2) is 8.78 Å². The first-order valence-electron chi connectivity index (χ1n) is 8.37. The molecule has 7 heteroatoms. The minimum absolute atomic E-state index is 0.0662. The lowest BCUT2D eigenvalue weighted by Crippen LogP contribution is -2.51. The number of pyridine rings is 1. The Morgan fingerprint density at radius 3 is 2.92 bits per heavy atom. The van der Waals surface area contributed by atoms with Crippen molar-refractivity contribution in [1.82, 2.24) is 20.1 Å². The molecule has 2 atom stereocenters. The fourth-order valence-corrected chi connectivity index (χ4v) is 4.75. The van der Waals surface area contributed by atoms with Crippen molar-refractivity contribution in [2.24, 2.45) is 12.5 Å². The molecule has 0 aliphatic heterocycles. The monoisotopic (exact) mass is 346 g/mol. The second-order valence-electron chi connectivity index (χ2n) is 7.51. The van der Waals surface area contributed by atoms with Crippen LogP contribution in [0.5, 0.6) is 0 Å². The lowest BCUT2D eigenvalue weighted by Gasteiger charge is -2.39. The van der Waals surface area contributed by atoms with Crippen LogP contribution in [0.4, 0.5) is 8.78 Å². The number of amides is 1. The molecule has 0 saturated heterocycles. The standard InChI is InChI=1S/C18H20F2N4O/c1-17(2)11-6-7-18(17,12-5-4-8-21-14(11)12)22-16(25)10-9-24(3)23-13(10)15(19)20/h4-5,8-9,11,15H,6-7H2,1-3H3,(H,22,25). The molecule has 1 N–H and O–H groups in total. The summed E-state index contributed by atoms with van der Waals surface area (Å²) in [6.07, 6.45) is 2.03. The van der Waals surface area contributed by atoms with Crippen molar-refractivity contribution in [1.29, 1.82) is 0 Å². The van der Waals surface area contributed by atoms with Crippen molar-refractivity contribution < 1.29 is 13.6 Å². The first-order valence-corrected chi connectivity index (χ1v) is 8.37. The van der Waals surface area contributed by atoms with Gasteiger partial charge in [0, 0.05) is 36.5 Å². The molecule has 4 rings (SSSR count). The third-order valence-electron chi connectivity index (χ3n) is 6.04. The van der Waals surface area contributed by atoms with Crippen molar-refractivity contribution in [3.8, 4) is 0 Å². The van der Waals surface area contributed by atoms with Gasteiger partial charge < -0.3 is 5.32 Å². The fourth-order valence-electron chi connectivity index (χ4n) is 4.75. The van der Waals surface area contributed by atoms with Gasteiger partial charge in [-0.1, -0.05) is 19.9 Å². The summed E-state index contributed by atoms with van der Waals surface area (Å²) in [4.78, 5) is 17.4. The van der Waals surface area contributed by atoms with E-state index in [1.165, 1.54) is 17.9 Å². The average Bonchev–Trinajstić information content (AvgIpc) is 3.12. The van der Waals surface area contributed by atoms with Crippen molar-refractivity contribution in [2.75, 3.05) is 0 Å². The molecule has 2 heterocycles. The summed E-state index contributed by atoms with van der Waals surface area (Å²) in [5, 5.41) is 6.83. The van der Waals surface area contributed by atoms with Crippen LogP contribution in [0.15, 0.2) is 24.5 Å². The molecule has 0 spiro atoms. The molecule has 5 nitrogen and oxygen atoms in total. The molecular weight excluding hydrogens is 326 g/mol. The molecule has 2 bridgehead atoms. The van der Waals surface area contributed by atoms with Gasteiger partial charge in [0.25, 0.3) is 12.3 Å². The van der Waals surface area contributed by atoms with Gasteiger partial charge in [0.2, 0.25) is 0 Å². The molecule has 25 heavy (non-hydrogen) atoms. The number of carbonyl (C=O) groups excluding carboxylic acids is 1.